The lowest BCUT2D eigenvalue weighted by Crippen LogP contribution is -1.97. The van der Waals surface area contributed by atoms with Crippen molar-refractivity contribution in [2.45, 2.75) is 13.5 Å². The van der Waals surface area contributed by atoms with Crippen molar-refractivity contribution in [3.63, 3.8) is 0 Å². The van der Waals surface area contributed by atoms with Gasteiger partial charge in [0.1, 0.15) is 11.6 Å². The van der Waals surface area contributed by atoms with Crippen LogP contribution in [0.4, 0.5) is 0 Å². The van der Waals surface area contributed by atoms with Crippen molar-refractivity contribution in [3.8, 4) is 17.1 Å². The number of nitrogens with zero attached hydrogens (tertiary/aromatic N) is 2. The Bertz CT molecular complexity index is 532. The molecule has 0 saturated carbocycles. The van der Waals surface area contributed by atoms with E-state index in [1.54, 1.807) is 25.4 Å². The third-order valence-electron chi connectivity index (χ3n) is 2.67. The number of aldehydes is 1. The van der Waals surface area contributed by atoms with Crippen molar-refractivity contribution in [2.24, 2.45) is 0 Å². The number of ether oxygens (including phenoxy) is 1. The van der Waals surface area contributed by atoms with E-state index in [4.69, 9.17) is 4.74 Å². The topological polar surface area (TPSA) is 44.1 Å². The number of carbonyl (C=O) groups excluding carboxylic acids is 1. The summed E-state index contributed by atoms with van der Waals surface area (Å²) >= 11 is 0. The molecule has 4 nitrogen and oxygen atoms in total. The number of hydrogen-bond donors (Lipinski definition) is 0. The lowest BCUT2D eigenvalue weighted by atomic mass is 10.1. The maximum absolute atomic E-state index is 11.0. The zero-order valence-electron chi connectivity index (χ0n) is 9.88. The first-order valence-corrected chi connectivity index (χ1v) is 5.45. The lowest BCUT2D eigenvalue weighted by molar-refractivity contribution is 0.112. The molecule has 0 atom stereocenters. The highest BCUT2D eigenvalue weighted by Gasteiger charge is 2.08. The summed E-state index contributed by atoms with van der Waals surface area (Å²) < 4.78 is 7.13. The van der Waals surface area contributed by atoms with Crippen LogP contribution in [0.25, 0.3) is 11.4 Å². The Balaban J connectivity index is 2.50. The van der Waals surface area contributed by atoms with Gasteiger partial charge in [0, 0.05) is 24.5 Å². The zero-order valence-corrected chi connectivity index (χ0v) is 9.88. The van der Waals surface area contributed by atoms with Gasteiger partial charge in [-0.3, -0.25) is 4.79 Å². The number of methoxy groups -OCH3 is 1. The Kier molecular flexibility index (Phi) is 3.23. The second-order valence-corrected chi connectivity index (χ2v) is 3.61. The highest BCUT2D eigenvalue weighted by atomic mass is 16.5. The molecule has 0 spiro atoms. The first-order chi connectivity index (χ1) is 8.30. The highest BCUT2D eigenvalue weighted by Crippen LogP contribution is 2.24. The SMILES string of the molecule is CCn1ccnc1-c1ccc(OC)c(C=O)c1. The molecule has 1 aromatic heterocycles. The molecule has 0 aliphatic rings. The molecule has 4 heteroatoms. The predicted octanol–water partition coefficient (Wildman–Crippen LogP) is 2.39. The van der Waals surface area contributed by atoms with Gasteiger partial charge < -0.3 is 9.30 Å². The van der Waals surface area contributed by atoms with E-state index in [0.29, 0.717) is 11.3 Å². The summed E-state index contributed by atoms with van der Waals surface area (Å²) in [5.41, 5.74) is 1.45. The average molecular weight is 230 g/mol. The molecular weight excluding hydrogens is 216 g/mol. The summed E-state index contributed by atoms with van der Waals surface area (Å²) in [5, 5.41) is 0. The Hall–Kier alpha value is -2.10. The van der Waals surface area contributed by atoms with E-state index < -0.39 is 0 Å². The fourth-order valence-electron chi connectivity index (χ4n) is 1.79. The van der Waals surface area contributed by atoms with E-state index in [2.05, 4.69) is 11.9 Å². The van der Waals surface area contributed by atoms with Gasteiger partial charge in [-0.25, -0.2) is 4.98 Å². The molecule has 0 saturated heterocycles. The van der Waals surface area contributed by atoms with Gasteiger partial charge in [-0.15, -0.1) is 0 Å². The third-order valence-corrected chi connectivity index (χ3v) is 2.67. The summed E-state index contributed by atoms with van der Waals surface area (Å²) in [4.78, 5) is 15.2. The Labute approximate surface area is 99.9 Å². The van der Waals surface area contributed by atoms with Crippen molar-refractivity contribution in [3.05, 3.63) is 36.2 Å². The Morgan fingerprint density at radius 1 is 1.47 bits per heavy atom. The number of carbonyl (C=O) groups is 1. The fourth-order valence-corrected chi connectivity index (χ4v) is 1.79. The van der Waals surface area contributed by atoms with Crippen LogP contribution < -0.4 is 4.74 Å². The molecule has 2 aromatic rings. The monoisotopic (exact) mass is 230 g/mol. The number of imidazole rings is 1. The van der Waals surface area contributed by atoms with Crippen LogP contribution in [0.1, 0.15) is 17.3 Å². The molecule has 0 bridgehead atoms. The molecule has 88 valence electrons. The van der Waals surface area contributed by atoms with E-state index >= 15 is 0 Å². The number of hydrogen-bond acceptors (Lipinski definition) is 3. The van der Waals surface area contributed by atoms with Gasteiger partial charge in [0.2, 0.25) is 0 Å². The molecule has 17 heavy (non-hydrogen) atoms. The summed E-state index contributed by atoms with van der Waals surface area (Å²) in [5.74, 6) is 1.44. The van der Waals surface area contributed by atoms with Gasteiger partial charge in [-0.05, 0) is 25.1 Å². The van der Waals surface area contributed by atoms with E-state index in [1.807, 2.05) is 16.8 Å². The first-order valence-electron chi connectivity index (χ1n) is 5.45. The molecule has 0 N–H and O–H groups in total. The van der Waals surface area contributed by atoms with Crippen LogP contribution >= 0.6 is 0 Å². The van der Waals surface area contributed by atoms with E-state index in [0.717, 1.165) is 24.2 Å². The molecule has 2 rings (SSSR count). The number of aromatic nitrogens is 2. The molecule has 0 aliphatic carbocycles. The molecule has 0 aliphatic heterocycles. The third kappa shape index (κ3) is 2.06. The number of benzene rings is 1. The first kappa shape index (κ1) is 11.4. The van der Waals surface area contributed by atoms with E-state index in [1.165, 1.54) is 0 Å². The van der Waals surface area contributed by atoms with Gasteiger partial charge in [0.05, 0.1) is 12.7 Å². The minimum atomic E-state index is 0.538. The van der Waals surface area contributed by atoms with Crippen molar-refractivity contribution >= 4 is 6.29 Å². The maximum Gasteiger partial charge on any atom is 0.153 e. The zero-order chi connectivity index (χ0) is 12.3. The van der Waals surface area contributed by atoms with Crippen LogP contribution in [0.3, 0.4) is 0 Å². The molecule has 0 radical (unpaired) electrons. The van der Waals surface area contributed by atoms with Gasteiger partial charge in [0.25, 0.3) is 0 Å². The molecular formula is C13H14N2O2. The maximum atomic E-state index is 11.0. The minimum absolute atomic E-state index is 0.538. The Morgan fingerprint density at radius 2 is 2.29 bits per heavy atom. The lowest BCUT2D eigenvalue weighted by Gasteiger charge is -2.08. The van der Waals surface area contributed by atoms with Crippen molar-refractivity contribution < 1.29 is 9.53 Å². The average Bonchev–Trinajstić information content (AvgIpc) is 2.86. The minimum Gasteiger partial charge on any atom is -0.496 e. The summed E-state index contributed by atoms with van der Waals surface area (Å²) in [7, 11) is 1.55. The van der Waals surface area contributed by atoms with Gasteiger partial charge in [-0.2, -0.15) is 0 Å². The van der Waals surface area contributed by atoms with Crippen LogP contribution in [-0.4, -0.2) is 22.9 Å². The van der Waals surface area contributed by atoms with E-state index in [9.17, 15) is 4.79 Å². The van der Waals surface area contributed by atoms with Crippen molar-refractivity contribution in [2.75, 3.05) is 7.11 Å². The fraction of sp³-hybridized carbons (Fsp3) is 0.231. The normalized spacial score (nSPS) is 10.2. The smallest absolute Gasteiger partial charge is 0.153 e. The van der Waals surface area contributed by atoms with Crippen molar-refractivity contribution in [1.29, 1.82) is 0 Å². The molecule has 0 fully saturated rings. The van der Waals surface area contributed by atoms with Crippen LogP contribution in [0.2, 0.25) is 0 Å². The summed E-state index contributed by atoms with van der Waals surface area (Å²) in [6.07, 6.45) is 4.46. The van der Waals surface area contributed by atoms with Crippen LogP contribution in [0, 0.1) is 0 Å². The van der Waals surface area contributed by atoms with Gasteiger partial charge in [-0.1, -0.05) is 0 Å². The molecule has 1 aromatic carbocycles. The van der Waals surface area contributed by atoms with Crippen LogP contribution in [0.5, 0.6) is 5.75 Å². The van der Waals surface area contributed by atoms with E-state index in [-0.39, 0.29) is 0 Å². The summed E-state index contributed by atoms with van der Waals surface area (Å²) in [6, 6.07) is 5.48. The number of rotatable bonds is 4. The molecule has 1 heterocycles. The van der Waals surface area contributed by atoms with Crippen LogP contribution in [-0.2, 0) is 6.54 Å². The quantitative estimate of drug-likeness (QED) is 0.757. The standard InChI is InChI=1S/C13H14N2O2/c1-3-15-7-6-14-13(15)10-4-5-12(17-2)11(8-10)9-16/h4-9H,3H2,1-2H3. The van der Waals surface area contributed by atoms with Gasteiger partial charge in [0.15, 0.2) is 6.29 Å². The number of aryl methyl sites for hydroxylation is 1. The second-order valence-electron chi connectivity index (χ2n) is 3.61. The van der Waals surface area contributed by atoms with Crippen molar-refractivity contribution in [1.82, 2.24) is 9.55 Å². The molecule has 0 unspecified atom stereocenters. The molecule has 0 amide bonds. The van der Waals surface area contributed by atoms with Crippen LogP contribution in [0.15, 0.2) is 30.6 Å². The Morgan fingerprint density at radius 3 is 2.94 bits per heavy atom. The second kappa shape index (κ2) is 4.82. The van der Waals surface area contributed by atoms with Gasteiger partial charge >= 0.3 is 0 Å². The largest absolute Gasteiger partial charge is 0.496 e. The predicted molar refractivity (Wildman–Crippen MR) is 65.3 cm³/mol. The highest BCUT2D eigenvalue weighted by molar-refractivity contribution is 5.82. The summed E-state index contributed by atoms with van der Waals surface area (Å²) in [6.45, 7) is 2.90.